The van der Waals surface area contributed by atoms with Crippen molar-refractivity contribution in [3.63, 3.8) is 0 Å². The maximum atomic E-state index is 8.47. The molecule has 1 N–H and O–H groups in total. The molecule has 1 heterocycles. The molecule has 0 bridgehead atoms. The first kappa shape index (κ1) is 7.04. The van der Waals surface area contributed by atoms with E-state index in [1.165, 1.54) is 6.08 Å². The smallest absolute Gasteiger partial charge is 0.211 e. The van der Waals surface area contributed by atoms with Crippen molar-refractivity contribution in [2.24, 2.45) is 0 Å². The first-order valence-corrected chi connectivity index (χ1v) is 2.84. The summed E-state index contributed by atoms with van der Waals surface area (Å²) in [5, 5.41) is 16.8. The molecular weight excluding hydrogens is 140 g/mol. The van der Waals surface area contributed by atoms with Crippen LogP contribution in [-0.2, 0) is 0 Å². The monoisotopic (exact) mass is 144 g/mol. The summed E-state index contributed by atoms with van der Waals surface area (Å²) in [4.78, 5) is 6.29. The van der Waals surface area contributed by atoms with E-state index in [9.17, 15) is 0 Å². The van der Waals surface area contributed by atoms with Crippen molar-refractivity contribution in [3.05, 3.63) is 23.8 Å². The highest BCUT2D eigenvalue weighted by Crippen LogP contribution is 2.04. The van der Waals surface area contributed by atoms with Crippen LogP contribution in [0.3, 0.4) is 0 Å². The highest BCUT2D eigenvalue weighted by molar-refractivity contribution is 5.50. The second kappa shape index (κ2) is 2.68. The summed E-state index contributed by atoms with van der Waals surface area (Å²) in [6.07, 6.45) is 1.45. The topological polar surface area (TPSA) is 76.3 Å². The second-order valence-electron chi connectivity index (χ2n) is 1.78. The molecule has 1 aromatic rings. The molecule has 0 amide bonds. The number of nitriles is 2. The lowest BCUT2D eigenvalue weighted by Crippen LogP contribution is -1.75. The Balaban J connectivity index is 3.28. The fourth-order valence-electron chi connectivity index (χ4n) is 0.673. The lowest BCUT2D eigenvalue weighted by molar-refractivity contribution is 1.21. The molecule has 0 spiro atoms. The van der Waals surface area contributed by atoms with E-state index in [4.69, 9.17) is 10.5 Å². The molecule has 0 saturated heterocycles. The van der Waals surface area contributed by atoms with Crippen molar-refractivity contribution in [1.82, 2.24) is 9.97 Å². The summed E-state index contributed by atoms with van der Waals surface area (Å²) in [6.45, 7) is 3.46. The number of hydrogen-bond donors (Lipinski definition) is 1. The minimum absolute atomic E-state index is 0.136. The van der Waals surface area contributed by atoms with E-state index in [1.807, 2.05) is 6.07 Å². The largest absolute Gasteiger partial charge is 0.329 e. The van der Waals surface area contributed by atoms with Crippen LogP contribution in [0.25, 0.3) is 6.08 Å². The number of nitrogens with zero attached hydrogens (tertiary/aromatic N) is 3. The zero-order chi connectivity index (χ0) is 8.27. The minimum atomic E-state index is 0.136. The Morgan fingerprint density at radius 1 is 1.45 bits per heavy atom. The van der Waals surface area contributed by atoms with Gasteiger partial charge in [-0.05, 0) is 6.08 Å². The van der Waals surface area contributed by atoms with Gasteiger partial charge in [0.25, 0.3) is 0 Å². The molecule has 0 radical (unpaired) electrons. The SMILES string of the molecule is C=Cc1[nH]c(C#N)nc1C#N. The summed E-state index contributed by atoms with van der Waals surface area (Å²) in [6, 6.07) is 3.63. The summed E-state index contributed by atoms with van der Waals surface area (Å²) < 4.78 is 0. The van der Waals surface area contributed by atoms with Gasteiger partial charge in [0.1, 0.15) is 12.1 Å². The molecule has 1 aromatic heterocycles. The molecule has 0 saturated carbocycles. The van der Waals surface area contributed by atoms with Crippen molar-refractivity contribution in [1.29, 1.82) is 10.5 Å². The third-order valence-electron chi connectivity index (χ3n) is 1.15. The van der Waals surface area contributed by atoms with Gasteiger partial charge in [0, 0.05) is 0 Å². The van der Waals surface area contributed by atoms with E-state index in [0.717, 1.165) is 0 Å². The van der Waals surface area contributed by atoms with Crippen molar-refractivity contribution in [2.75, 3.05) is 0 Å². The number of H-pyrrole nitrogens is 1. The van der Waals surface area contributed by atoms with Gasteiger partial charge in [-0.3, -0.25) is 0 Å². The van der Waals surface area contributed by atoms with Crippen LogP contribution in [-0.4, -0.2) is 9.97 Å². The number of hydrogen-bond acceptors (Lipinski definition) is 3. The molecule has 4 nitrogen and oxygen atoms in total. The summed E-state index contributed by atoms with van der Waals surface area (Å²) in [7, 11) is 0. The van der Waals surface area contributed by atoms with Crippen LogP contribution in [0.5, 0.6) is 0 Å². The molecule has 0 unspecified atom stereocenters. The van der Waals surface area contributed by atoms with E-state index in [1.54, 1.807) is 6.07 Å². The molecule has 0 aliphatic heterocycles. The maximum absolute atomic E-state index is 8.47. The van der Waals surface area contributed by atoms with E-state index >= 15 is 0 Å². The minimum Gasteiger partial charge on any atom is -0.329 e. The fraction of sp³-hybridized carbons (Fsp3) is 0. The molecule has 0 aliphatic rings. The van der Waals surface area contributed by atoms with Crippen LogP contribution in [0.2, 0.25) is 0 Å². The Hall–Kier alpha value is -2.07. The number of imidazole rings is 1. The Morgan fingerprint density at radius 2 is 2.18 bits per heavy atom. The molecule has 1 rings (SSSR count). The number of rotatable bonds is 1. The van der Waals surface area contributed by atoms with Gasteiger partial charge in [0.2, 0.25) is 5.82 Å². The Kier molecular flexibility index (Phi) is 1.71. The first-order chi connectivity index (χ1) is 5.31. The first-order valence-electron chi connectivity index (χ1n) is 2.84. The standard InChI is InChI=1S/C7H4N4/c1-2-5-6(3-8)11-7(4-9)10-5/h2H,1H2,(H,10,11). The lowest BCUT2D eigenvalue weighted by atomic mass is 10.3. The van der Waals surface area contributed by atoms with E-state index in [2.05, 4.69) is 16.5 Å². The molecule has 4 heteroatoms. The highest BCUT2D eigenvalue weighted by atomic mass is 14.9. The Bertz CT molecular complexity index is 361. The van der Waals surface area contributed by atoms with Crippen molar-refractivity contribution in [3.8, 4) is 12.1 Å². The number of nitrogens with one attached hydrogen (secondary N) is 1. The predicted molar refractivity (Wildman–Crippen MR) is 38.1 cm³/mol. The fourth-order valence-corrected chi connectivity index (χ4v) is 0.673. The predicted octanol–water partition coefficient (Wildman–Crippen LogP) is 0.796. The van der Waals surface area contributed by atoms with Gasteiger partial charge < -0.3 is 4.98 Å². The highest BCUT2D eigenvalue weighted by Gasteiger charge is 2.04. The normalized spacial score (nSPS) is 8.18. The zero-order valence-corrected chi connectivity index (χ0v) is 5.63. The zero-order valence-electron chi connectivity index (χ0n) is 5.63. The quantitative estimate of drug-likeness (QED) is 0.633. The van der Waals surface area contributed by atoms with Gasteiger partial charge in [-0.15, -0.1) is 0 Å². The maximum Gasteiger partial charge on any atom is 0.211 e. The van der Waals surface area contributed by atoms with Crippen LogP contribution < -0.4 is 0 Å². The summed E-state index contributed by atoms with van der Waals surface area (Å²) >= 11 is 0. The average molecular weight is 144 g/mol. The third-order valence-corrected chi connectivity index (χ3v) is 1.15. The van der Waals surface area contributed by atoms with Crippen LogP contribution in [0, 0.1) is 22.7 Å². The number of aromatic amines is 1. The van der Waals surface area contributed by atoms with Gasteiger partial charge in [0.15, 0.2) is 5.69 Å². The van der Waals surface area contributed by atoms with Crippen molar-refractivity contribution in [2.45, 2.75) is 0 Å². The third kappa shape index (κ3) is 1.10. The Morgan fingerprint density at radius 3 is 2.55 bits per heavy atom. The van der Waals surface area contributed by atoms with E-state index in [0.29, 0.717) is 5.69 Å². The van der Waals surface area contributed by atoms with Crippen molar-refractivity contribution < 1.29 is 0 Å². The summed E-state index contributed by atoms with van der Waals surface area (Å²) in [5.41, 5.74) is 0.695. The van der Waals surface area contributed by atoms with Crippen LogP contribution in [0.1, 0.15) is 17.2 Å². The molecule has 0 aromatic carbocycles. The Labute approximate surface area is 63.4 Å². The van der Waals surface area contributed by atoms with Gasteiger partial charge in [0.05, 0.1) is 5.69 Å². The molecule has 11 heavy (non-hydrogen) atoms. The van der Waals surface area contributed by atoms with Crippen molar-refractivity contribution >= 4 is 6.08 Å². The summed E-state index contributed by atoms with van der Waals surface area (Å²) in [5.74, 6) is 0.136. The number of aromatic nitrogens is 2. The molecule has 0 aliphatic carbocycles. The van der Waals surface area contributed by atoms with Gasteiger partial charge >= 0.3 is 0 Å². The van der Waals surface area contributed by atoms with Gasteiger partial charge in [-0.1, -0.05) is 6.58 Å². The van der Waals surface area contributed by atoms with Gasteiger partial charge in [-0.25, -0.2) is 4.98 Å². The average Bonchev–Trinajstić information content (AvgIpc) is 2.46. The second-order valence-corrected chi connectivity index (χ2v) is 1.78. The van der Waals surface area contributed by atoms with Crippen LogP contribution in [0.4, 0.5) is 0 Å². The molecule has 52 valence electrons. The molecule has 0 atom stereocenters. The lowest BCUT2D eigenvalue weighted by Gasteiger charge is -1.79. The molecule has 0 fully saturated rings. The van der Waals surface area contributed by atoms with Gasteiger partial charge in [-0.2, -0.15) is 10.5 Å². The van der Waals surface area contributed by atoms with Crippen LogP contribution in [0.15, 0.2) is 6.58 Å². The van der Waals surface area contributed by atoms with Crippen LogP contribution >= 0.6 is 0 Å². The van der Waals surface area contributed by atoms with E-state index < -0.39 is 0 Å². The van der Waals surface area contributed by atoms with E-state index in [-0.39, 0.29) is 11.5 Å². The molecular formula is C7H4N4.